The molecule has 9 heteroatoms. The van der Waals surface area contributed by atoms with Crippen LogP contribution in [0.4, 0.5) is 0 Å². The molecule has 0 spiro atoms. The van der Waals surface area contributed by atoms with Crippen LogP contribution in [0.1, 0.15) is 5.56 Å². The first-order valence-corrected chi connectivity index (χ1v) is 9.18. The number of halogens is 1. The topological polar surface area (TPSA) is 94.9 Å². The average Bonchev–Trinajstić information content (AvgIpc) is 3.11. The van der Waals surface area contributed by atoms with Gasteiger partial charge in [-0.3, -0.25) is 4.79 Å². The Labute approximate surface area is 168 Å². The summed E-state index contributed by atoms with van der Waals surface area (Å²) in [4.78, 5) is 19.9. The predicted octanol–water partition coefficient (Wildman–Crippen LogP) is 3.01. The van der Waals surface area contributed by atoms with Gasteiger partial charge in [0.2, 0.25) is 0 Å². The number of nitrogens with zero attached hydrogens (tertiary/aromatic N) is 4. The molecular weight excluding hydrogens is 426 g/mol. The minimum absolute atomic E-state index is 0.188. The van der Waals surface area contributed by atoms with E-state index in [4.69, 9.17) is 9.47 Å². The van der Waals surface area contributed by atoms with E-state index in [-0.39, 0.29) is 11.1 Å². The molecule has 0 aliphatic carbocycles. The molecule has 0 unspecified atom stereocenters. The lowest BCUT2D eigenvalue weighted by atomic mass is 10.2. The number of fused-ring (bicyclic) bond motifs is 1. The number of methoxy groups -OCH3 is 2. The molecule has 0 amide bonds. The highest BCUT2D eigenvalue weighted by Gasteiger charge is 2.16. The van der Waals surface area contributed by atoms with Gasteiger partial charge in [-0.15, -0.1) is 5.10 Å². The number of benzene rings is 2. The summed E-state index contributed by atoms with van der Waals surface area (Å²) in [7, 11) is 3.19. The highest BCUT2D eigenvalue weighted by atomic mass is 79.9. The van der Waals surface area contributed by atoms with Gasteiger partial charge in [-0.25, -0.2) is 9.67 Å². The standard InChI is InChI=1S/C19H16BrN5O3/c1-27-13-6-3-11(4-7-13)10-25-18-16(23-24-25)19(26)22-17(21-18)14-8-5-12(20)9-15(14)28-2/h3-9H,10H2,1-2H3,(H,21,22,26). The Morgan fingerprint density at radius 2 is 1.89 bits per heavy atom. The molecule has 0 aliphatic heterocycles. The molecule has 2 aromatic carbocycles. The maximum absolute atomic E-state index is 12.5. The molecule has 0 aliphatic rings. The molecule has 8 nitrogen and oxygen atoms in total. The Kier molecular flexibility index (Phi) is 4.82. The minimum Gasteiger partial charge on any atom is -0.497 e. The highest BCUT2D eigenvalue weighted by Crippen LogP contribution is 2.30. The third-order valence-corrected chi connectivity index (χ3v) is 4.78. The molecule has 0 saturated heterocycles. The van der Waals surface area contributed by atoms with Gasteiger partial charge in [0.05, 0.1) is 26.3 Å². The van der Waals surface area contributed by atoms with Gasteiger partial charge in [0, 0.05) is 4.47 Å². The zero-order valence-electron chi connectivity index (χ0n) is 15.1. The van der Waals surface area contributed by atoms with Gasteiger partial charge in [0.1, 0.15) is 17.3 Å². The maximum Gasteiger partial charge on any atom is 0.281 e. The van der Waals surface area contributed by atoms with Gasteiger partial charge >= 0.3 is 0 Å². The van der Waals surface area contributed by atoms with Crippen LogP contribution in [0.2, 0.25) is 0 Å². The van der Waals surface area contributed by atoms with Crippen molar-refractivity contribution in [2.45, 2.75) is 6.54 Å². The van der Waals surface area contributed by atoms with Gasteiger partial charge in [-0.2, -0.15) is 0 Å². The van der Waals surface area contributed by atoms with E-state index in [0.29, 0.717) is 29.3 Å². The van der Waals surface area contributed by atoms with E-state index in [1.807, 2.05) is 42.5 Å². The Bertz CT molecular complexity index is 1200. The average molecular weight is 442 g/mol. The van der Waals surface area contributed by atoms with E-state index >= 15 is 0 Å². The normalized spacial score (nSPS) is 11.0. The Morgan fingerprint density at radius 1 is 1.11 bits per heavy atom. The van der Waals surface area contributed by atoms with Crippen molar-refractivity contribution in [3.8, 4) is 22.9 Å². The first-order chi connectivity index (χ1) is 13.6. The van der Waals surface area contributed by atoms with Gasteiger partial charge in [0.15, 0.2) is 11.2 Å². The van der Waals surface area contributed by atoms with Crippen molar-refractivity contribution in [1.29, 1.82) is 0 Å². The van der Waals surface area contributed by atoms with Crippen LogP contribution in [0.5, 0.6) is 11.5 Å². The Morgan fingerprint density at radius 3 is 2.61 bits per heavy atom. The third kappa shape index (κ3) is 3.36. The van der Waals surface area contributed by atoms with Gasteiger partial charge in [0.25, 0.3) is 5.56 Å². The summed E-state index contributed by atoms with van der Waals surface area (Å²) in [6.45, 7) is 0.424. The molecule has 1 N–H and O–H groups in total. The fourth-order valence-corrected chi connectivity index (χ4v) is 3.20. The van der Waals surface area contributed by atoms with Crippen LogP contribution in [0.25, 0.3) is 22.6 Å². The first kappa shape index (κ1) is 18.2. The number of aromatic amines is 1. The summed E-state index contributed by atoms with van der Waals surface area (Å²) in [6.07, 6.45) is 0. The SMILES string of the molecule is COc1ccc(Cn2nnc3c(=O)[nH]c(-c4ccc(Br)cc4OC)nc32)cc1. The quantitative estimate of drug-likeness (QED) is 0.511. The molecule has 4 aromatic rings. The summed E-state index contributed by atoms with van der Waals surface area (Å²) in [5.41, 5.74) is 1.89. The largest absolute Gasteiger partial charge is 0.497 e. The molecule has 2 heterocycles. The summed E-state index contributed by atoms with van der Waals surface area (Å²) in [5, 5.41) is 8.08. The van der Waals surface area contributed by atoms with Crippen LogP contribution in [-0.2, 0) is 6.54 Å². The number of nitrogens with one attached hydrogen (secondary N) is 1. The minimum atomic E-state index is -0.356. The summed E-state index contributed by atoms with van der Waals surface area (Å²) >= 11 is 3.41. The first-order valence-electron chi connectivity index (χ1n) is 8.39. The third-order valence-electron chi connectivity index (χ3n) is 4.28. The van der Waals surface area contributed by atoms with E-state index in [1.165, 1.54) is 0 Å². The van der Waals surface area contributed by atoms with Crippen LogP contribution in [-0.4, -0.2) is 39.2 Å². The molecule has 0 atom stereocenters. The van der Waals surface area contributed by atoms with E-state index in [1.54, 1.807) is 18.9 Å². The van der Waals surface area contributed by atoms with Crippen molar-refractivity contribution in [1.82, 2.24) is 25.0 Å². The second-order valence-electron chi connectivity index (χ2n) is 6.03. The zero-order chi connectivity index (χ0) is 19.7. The van der Waals surface area contributed by atoms with Crippen LogP contribution >= 0.6 is 15.9 Å². The second-order valence-corrected chi connectivity index (χ2v) is 6.94. The lowest BCUT2D eigenvalue weighted by Gasteiger charge is -2.09. The Balaban J connectivity index is 1.79. The van der Waals surface area contributed by atoms with E-state index in [9.17, 15) is 4.79 Å². The van der Waals surface area contributed by atoms with Gasteiger partial charge in [-0.05, 0) is 35.9 Å². The molecular formula is C19H16BrN5O3. The zero-order valence-corrected chi connectivity index (χ0v) is 16.7. The number of hydrogen-bond acceptors (Lipinski definition) is 6. The number of rotatable bonds is 5. The molecule has 2 aromatic heterocycles. The molecule has 0 radical (unpaired) electrons. The van der Waals surface area contributed by atoms with Crippen molar-refractivity contribution in [3.05, 3.63) is 62.9 Å². The fraction of sp³-hybridized carbons (Fsp3) is 0.158. The van der Waals surface area contributed by atoms with E-state index in [2.05, 4.69) is 36.2 Å². The van der Waals surface area contributed by atoms with Crippen LogP contribution in [0.15, 0.2) is 51.7 Å². The van der Waals surface area contributed by atoms with Gasteiger partial charge in [-0.1, -0.05) is 33.3 Å². The second kappa shape index (κ2) is 7.43. The molecule has 0 saturated carbocycles. The monoisotopic (exact) mass is 441 g/mol. The lowest BCUT2D eigenvalue weighted by Crippen LogP contribution is -2.11. The van der Waals surface area contributed by atoms with E-state index in [0.717, 1.165) is 15.8 Å². The lowest BCUT2D eigenvalue weighted by molar-refractivity contribution is 0.414. The van der Waals surface area contributed by atoms with Gasteiger partial charge < -0.3 is 14.5 Å². The highest BCUT2D eigenvalue weighted by molar-refractivity contribution is 9.10. The Hall–Kier alpha value is -3.20. The maximum atomic E-state index is 12.5. The summed E-state index contributed by atoms with van der Waals surface area (Å²) in [6, 6.07) is 13.1. The molecule has 4 rings (SSSR count). The smallest absolute Gasteiger partial charge is 0.281 e. The predicted molar refractivity (Wildman–Crippen MR) is 108 cm³/mol. The van der Waals surface area contributed by atoms with Crippen LogP contribution in [0.3, 0.4) is 0 Å². The molecule has 142 valence electrons. The van der Waals surface area contributed by atoms with Crippen LogP contribution in [0, 0.1) is 0 Å². The van der Waals surface area contributed by atoms with Crippen molar-refractivity contribution in [2.24, 2.45) is 0 Å². The number of H-pyrrole nitrogens is 1. The fourth-order valence-electron chi connectivity index (χ4n) is 2.86. The number of aromatic nitrogens is 5. The number of hydrogen-bond donors (Lipinski definition) is 1. The van der Waals surface area contributed by atoms with Crippen molar-refractivity contribution < 1.29 is 9.47 Å². The van der Waals surface area contributed by atoms with E-state index < -0.39 is 0 Å². The molecule has 28 heavy (non-hydrogen) atoms. The number of ether oxygens (including phenoxy) is 2. The molecule has 0 fully saturated rings. The molecule has 0 bridgehead atoms. The van der Waals surface area contributed by atoms with Crippen molar-refractivity contribution in [2.75, 3.05) is 14.2 Å². The van der Waals surface area contributed by atoms with Crippen molar-refractivity contribution >= 4 is 27.1 Å². The van der Waals surface area contributed by atoms with Crippen molar-refractivity contribution in [3.63, 3.8) is 0 Å². The summed E-state index contributed by atoms with van der Waals surface area (Å²) < 4.78 is 13.1. The van der Waals surface area contributed by atoms with Crippen LogP contribution < -0.4 is 15.0 Å². The summed E-state index contributed by atoms with van der Waals surface area (Å²) in [5.74, 6) is 1.75.